The Bertz CT molecular complexity index is 405. The van der Waals surface area contributed by atoms with Crippen LogP contribution in [0.5, 0.6) is 0 Å². The van der Waals surface area contributed by atoms with Gasteiger partial charge in [0, 0.05) is 19.2 Å². The normalized spacial score (nSPS) is 15.6. The standard InChI is InChI=1S/C10H9BrFNO/c1-13-3-2-6-4-9(12)8(11)5-7(6)10(13)14/h4-5H,2-3H2,1H3. The highest BCUT2D eigenvalue weighted by molar-refractivity contribution is 9.10. The van der Waals surface area contributed by atoms with E-state index < -0.39 is 0 Å². The molecular formula is C10H9BrFNO. The van der Waals surface area contributed by atoms with Crippen LogP contribution in [0.1, 0.15) is 15.9 Å². The number of nitrogens with zero attached hydrogens (tertiary/aromatic N) is 1. The molecule has 2 rings (SSSR count). The lowest BCUT2D eigenvalue weighted by atomic mass is 9.99. The first-order valence-electron chi connectivity index (χ1n) is 4.33. The van der Waals surface area contributed by atoms with Crippen LogP contribution in [0.2, 0.25) is 0 Å². The number of benzene rings is 1. The Labute approximate surface area is 89.8 Å². The number of hydrogen-bond acceptors (Lipinski definition) is 1. The molecule has 0 saturated carbocycles. The minimum absolute atomic E-state index is 0.0352. The fraction of sp³-hybridized carbons (Fsp3) is 0.300. The molecule has 1 aliphatic heterocycles. The van der Waals surface area contributed by atoms with E-state index in [1.807, 2.05) is 0 Å². The summed E-state index contributed by atoms with van der Waals surface area (Å²) in [6, 6.07) is 2.99. The van der Waals surface area contributed by atoms with Crippen molar-refractivity contribution in [1.29, 1.82) is 0 Å². The number of carbonyl (C=O) groups excluding carboxylic acids is 1. The minimum atomic E-state index is -0.305. The van der Waals surface area contributed by atoms with Gasteiger partial charge in [0.05, 0.1) is 4.47 Å². The van der Waals surface area contributed by atoms with E-state index in [1.165, 1.54) is 6.07 Å². The first-order valence-corrected chi connectivity index (χ1v) is 5.12. The average Bonchev–Trinajstić information content (AvgIpc) is 2.15. The predicted octanol–water partition coefficient (Wildman–Crippen LogP) is 2.22. The molecule has 0 saturated heterocycles. The van der Waals surface area contributed by atoms with E-state index in [4.69, 9.17) is 0 Å². The SMILES string of the molecule is CN1CCc2cc(F)c(Br)cc2C1=O. The van der Waals surface area contributed by atoms with Gasteiger partial charge < -0.3 is 4.90 Å². The van der Waals surface area contributed by atoms with Crippen LogP contribution in [-0.2, 0) is 6.42 Å². The summed E-state index contributed by atoms with van der Waals surface area (Å²) in [6.07, 6.45) is 0.724. The van der Waals surface area contributed by atoms with E-state index >= 15 is 0 Å². The van der Waals surface area contributed by atoms with Gasteiger partial charge in [-0.1, -0.05) is 0 Å². The summed E-state index contributed by atoms with van der Waals surface area (Å²) >= 11 is 3.08. The molecule has 0 fully saturated rings. The van der Waals surface area contributed by atoms with Crippen molar-refractivity contribution in [2.45, 2.75) is 6.42 Å². The van der Waals surface area contributed by atoms with Crippen molar-refractivity contribution in [3.63, 3.8) is 0 Å². The number of carbonyl (C=O) groups is 1. The smallest absolute Gasteiger partial charge is 0.253 e. The van der Waals surface area contributed by atoms with E-state index in [1.54, 1.807) is 18.0 Å². The molecule has 14 heavy (non-hydrogen) atoms. The third-order valence-corrected chi connectivity index (χ3v) is 3.05. The van der Waals surface area contributed by atoms with E-state index in [-0.39, 0.29) is 11.7 Å². The molecule has 0 unspecified atom stereocenters. The second-order valence-corrected chi connectivity index (χ2v) is 4.25. The molecule has 1 aromatic carbocycles. The topological polar surface area (TPSA) is 20.3 Å². The molecule has 74 valence electrons. The Kier molecular flexibility index (Phi) is 2.31. The fourth-order valence-electron chi connectivity index (χ4n) is 1.59. The number of fused-ring (bicyclic) bond motifs is 1. The molecule has 0 bridgehead atoms. The van der Waals surface area contributed by atoms with E-state index in [2.05, 4.69) is 15.9 Å². The quantitative estimate of drug-likeness (QED) is 0.698. The van der Waals surface area contributed by atoms with Crippen LogP contribution < -0.4 is 0 Å². The molecule has 0 aliphatic carbocycles. The number of hydrogen-bond donors (Lipinski definition) is 0. The first kappa shape index (κ1) is 9.65. The Hall–Kier alpha value is -0.900. The zero-order valence-electron chi connectivity index (χ0n) is 7.68. The van der Waals surface area contributed by atoms with Gasteiger partial charge in [-0.2, -0.15) is 0 Å². The molecule has 0 N–H and O–H groups in total. The maximum atomic E-state index is 13.2. The zero-order valence-corrected chi connectivity index (χ0v) is 9.27. The molecule has 1 aliphatic rings. The van der Waals surface area contributed by atoms with E-state index in [0.717, 1.165) is 12.0 Å². The highest BCUT2D eigenvalue weighted by Gasteiger charge is 2.22. The van der Waals surface area contributed by atoms with Crippen molar-refractivity contribution in [1.82, 2.24) is 4.90 Å². The molecule has 0 aromatic heterocycles. The van der Waals surface area contributed by atoms with Gasteiger partial charge in [-0.05, 0) is 40.0 Å². The number of halogens is 2. The largest absolute Gasteiger partial charge is 0.341 e. The van der Waals surface area contributed by atoms with Crippen LogP contribution in [0.15, 0.2) is 16.6 Å². The lowest BCUT2D eigenvalue weighted by Crippen LogP contribution is -2.34. The van der Waals surface area contributed by atoms with E-state index in [0.29, 0.717) is 16.6 Å². The molecule has 2 nitrogen and oxygen atoms in total. The van der Waals surface area contributed by atoms with Gasteiger partial charge in [0.1, 0.15) is 5.82 Å². The van der Waals surface area contributed by atoms with Gasteiger partial charge in [-0.3, -0.25) is 4.79 Å². The van der Waals surface area contributed by atoms with Gasteiger partial charge in [0.2, 0.25) is 0 Å². The van der Waals surface area contributed by atoms with Gasteiger partial charge >= 0.3 is 0 Å². The first-order chi connectivity index (χ1) is 6.59. The summed E-state index contributed by atoms with van der Waals surface area (Å²) in [5, 5.41) is 0. The lowest BCUT2D eigenvalue weighted by molar-refractivity contribution is 0.0780. The van der Waals surface area contributed by atoms with Crippen LogP contribution in [-0.4, -0.2) is 24.4 Å². The van der Waals surface area contributed by atoms with Crippen LogP contribution in [0, 0.1) is 5.82 Å². The predicted molar refractivity (Wildman–Crippen MR) is 54.8 cm³/mol. The van der Waals surface area contributed by atoms with Crippen LogP contribution >= 0.6 is 15.9 Å². The fourth-order valence-corrected chi connectivity index (χ4v) is 1.93. The second-order valence-electron chi connectivity index (χ2n) is 3.40. The van der Waals surface area contributed by atoms with Crippen molar-refractivity contribution in [3.05, 3.63) is 33.5 Å². The Balaban J connectivity index is 2.56. The molecule has 0 atom stereocenters. The second kappa shape index (κ2) is 3.35. The Morgan fingerprint density at radius 3 is 2.93 bits per heavy atom. The summed E-state index contributed by atoms with van der Waals surface area (Å²) < 4.78 is 13.5. The van der Waals surface area contributed by atoms with Gasteiger partial charge in [-0.15, -0.1) is 0 Å². The highest BCUT2D eigenvalue weighted by Crippen LogP contribution is 2.24. The zero-order chi connectivity index (χ0) is 10.3. The monoisotopic (exact) mass is 257 g/mol. The number of likely N-dealkylation sites (N-methyl/N-ethyl adjacent to an activating group) is 1. The number of amides is 1. The molecule has 0 radical (unpaired) electrons. The summed E-state index contributed by atoms with van der Waals surface area (Å²) in [5.74, 6) is -0.340. The van der Waals surface area contributed by atoms with Crippen molar-refractivity contribution in [2.75, 3.05) is 13.6 Å². The summed E-state index contributed by atoms with van der Waals surface area (Å²) in [7, 11) is 1.75. The minimum Gasteiger partial charge on any atom is -0.341 e. The third kappa shape index (κ3) is 1.43. The van der Waals surface area contributed by atoms with E-state index in [9.17, 15) is 9.18 Å². The lowest BCUT2D eigenvalue weighted by Gasteiger charge is -2.24. The van der Waals surface area contributed by atoms with Crippen molar-refractivity contribution in [3.8, 4) is 0 Å². The maximum absolute atomic E-state index is 13.2. The molecule has 1 amide bonds. The van der Waals surface area contributed by atoms with Crippen LogP contribution in [0.3, 0.4) is 0 Å². The van der Waals surface area contributed by atoms with Crippen molar-refractivity contribution < 1.29 is 9.18 Å². The Morgan fingerprint density at radius 1 is 1.50 bits per heavy atom. The van der Waals surface area contributed by atoms with Crippen molar-refractivity contribution in [2.24, 2.45) is 0 Å². The van der Waals surface area contributed by atoms with Gasteiger partial charge in [-0.25, -0.2) is 4.39 Å². The summed E-state index contributed by atoms with van der Waals surface area (Å²) in [5.41, 5.74) is 1.40. The van der Waals surface area contributed by atoms with Crippen LogP contribution in [0.4, 0.5) is 4.39 Å². The molecule has 1 aromatic rings. The molecular weight excluding hydrogens is 249 g/mol. The average molecular weight is 258 g/mol. The molecule has 4 heteroatoms. The highest BCUT2D eigenvalue weighted by atomic mass is 79.9. The van der Waals surface area contributed by atoms with Crippen molar-refractivity contribution >= 4 is 21.8 Å². The third-order valence-electron chi connectivity index (χ3n) is 2.44. The molecule has 1 heterocycles. The number of rotatable bonds is 0. The summed E-state index contributed by atoms with van der Waals surface area (Å²) in [6.45, 7) is 0.660. The van der Waals surface area contributed by atoms with Gasteiger partial charge in [0.15, 0.2) is 0 Å². The Morgan fingerprint density at radius 2 is 2.21 bits per heavy atom. The van der Waals surface area contributed by atoms with Gasteiger partial charge in [0.25, 0.3) is 5.91 Å². The summed E-state index contributed by atoms with van der Waals surface area (Å²) in [4.78, 5) is 13.3. The molecule has 0 spiro atoms. The maximum Gasteiger partial charge on any atom is 0.253 e. The van der Waals surface area contributed by atoms with Crippen LogP contribution in [0.25, 0.3) is 0 Å².